The maximum absolute atomic E-state index is 12.0. The molecule has 0 aliphatic carbocycles. The summed E-state index contributed by atoms with van der Waals surface area (Å²) in [7, 11) is -3.32. The van der Waals surface area contributed by atoms with Gasteiger partial charge in [0.05, 0.1) is 12.9 Å². The van der Waals surface area contributed by atoms with E-state index < -0.39 is 10.0 Å². The van der Waals surface area contributed by atoms with Crippen molar-refractivity contribution in [3.8, 4) is 5.75 Å². The van der Waals surface area contributed by atoms with Gasteiger partial charge in [-0.15, -0.1) is 0 Å². The van der Waals surface area contributed by atoms with E-state index in [0.29, 0.717) is 30.8 Å². The predicted octanol–water partition coefficient (Wildman–Crippen LogP) is 2.57. The molecular formula is C18H22N2O4S. The molecule has 2 aromatic carbocycles. The van der Waals surface area contributed by atoms with Crippen molar-refractivity contribution in [3.05, 3.63) is 59.7 Å². The van der Waals surface area contributed by atoms with Crippen molar-refractivity contribution in [2.45, 2.75) is 13.3 Å². The molecule has 0 fully saturated rings. The molecule has 25 heavy (non-hydrogen) atoms. The molecule has 7 heteroatoms. The molecule has 0 radical (unpaired) electrons. The number of benzene rings is 2. The van der Waals surface area contributed by atoms with Crippen LogP contribution in [0.1, 0.15) is 22.3 Å². The fourth-order valence-corrected chi connectivity index (χ4v) is 2.74. The minimum absolute atomic E-state index is 0.207. The molecule has 0 saturated heterocycles. The summed E-state index contributed by atoms with van der Waals surface area (Å²) in [5.41, 5.74) is 2.03. The highest BCUT2D eigenvalue weighted by atomic mass is 32.2. The third-order valence-electron chi connectivity index (χ3n) is 3.32. The molecule has 2 N–H and O–H groups in total. The topological polar surface area (TPSA) is 84.5 Å². The minimum atomic E-state index is -3.32. The van der Waals surface area contributed by atoms with Crippen LogP contribution in [0.25, 0.3) is 0 Å². The zero-order valence-corrected chi connectivity index (χ0v) is 15.1. The number of amides is 1. The largest absolute Gasteiger partial charge is 0.494 e. The monoisotopic (exact) mass is 362 g/mol. The molecule has 0 spiro atoms. The van der Waals surface area contributed by atoms with Gasteiger partial charge in [0.15, 0.2) is 0 Å². The summed E-state index contributed by atoms with van der Waals surface area (Å²) in [5, 5.41) is 2.81. The van der Waals surface area contributed by atoms with E-state index in [4.69, 9.17) is 4.74 Å². The summed E-state index contributed by atoms with van der Waals surface area (Å²) in [6.45, 7) is 3.01. The Kier molecular flexibility index (Phi) is 6.41. The molecule has 0 aromatic heterocycles. The van der Waals surface area contributed by atoms with E-state index in [2.05, 4.69) is 10.0 Å². The molecule has 134 valence electrons. The average Bonchev–Trinajstić information content (AvgIpc) is 2.53. The Morgan fingerprint density at radius 1 is 1.12 bits per heavy atom. The van der Waals surface area contributed by atoms with Crippen LogP contribution < -0.4 is 14.8 Å². The lowest BCUT2D eigenvalue weighted by Gasteiger charge is -2.09. The number of ether oxygens (including phenoxy) is 1. The standard InChI is InChI=1S/C18H22N2O4S/c1-14-5-3-6-17(13-14)24-12-4-11-19-18(21)15-7-9-16(10-8-15)20-25(2,22)23/h3,5-10,13,20H,4,11-12H2,1-2H3,(H,19,21). The number of carbonyl (C=O) groups is 1. The summed E-state index contributed by atoms with van der Waals surface area (Å²) in [6, 6.07) is 14.1. The first-order chi connectivity index (χ1) is 11.8. The van der Waals surface area contributed by atoms with Gasteiger partial charge in [0.25, 0.3) is 5.91 Å². The Hall–Kier alpha value is -2.54. The number of hydrogen-bond donors (Lipinski definition) is 2. The van der Waals surface area contributed by atoms with Crippen molar-refractivity contribution < 1.29 is 17.9 Å². The second kappa shape index (κ2) is 8.53. The fraction of sp³-hybridized carbons (Fsp3) is 0.278. The number of carbonyl (C=O) groups excluding carboxylic acids is 1. The summed E-state index contributed by atoms with van der Waals surface area (Å²) in [4.78, 5) is 12.0. The van der Waals surface area contributed by atoms with Crippen LogP contribution in [0.5, 0.6) is 5.75 Å². The van der Waals surface area contributed by atoms with Gasteiger partial charge in [0.2, 0.25) is 10.0 Å². The quantitative estimate of drug-likeness (QED) is 0.707. The van der Waals surface area contributed by atoms with Crippen molar-refractivity contribution in [1.82, 2.24) is 5.32 Å². The highest BCUT2D eigenvalue weighted by Crippen LogP contribution is 2.12. The maximum atomic E-state index is 12.0. The second-order valence-corrected chi connectivity index (χ2v) is 7.47. The molecule has 6 nitrogen and oxygen atoms in total. The van der Waals surface area contributed by atoms with Crippen LogP contribution in [-0.4, -0.2) is 33.7 Å². The summed E-state index contributed by atoms with van der Waals surface area (Å²) < 4.78 is 30.3. The van der Waals surface area contributed by atoms with Crippen LogP contribution >= 0.6 is 0 Å². The van der Waals surface area contributed by atoms with Crippen LogP contribution in [0.3, 0.4) is 0 Å². The average molecular weight is 362 g/mol. The third-order valence-corrected chi connectivity index (χ3v) is 3.92. The van der Waals surface area contributed by atoms with Gasteiger partial charge in [-0.25, -0.2) is 8.42 Å². The molecule has 0 unspecified atom stereocenters. The van der Waals surface area contributed by atoms with Crippen LogP contribution in [0.2, 0.25) is 0 Å². The Morgan fingerprint density at radius 3 is 2.48 bits per heavy atom. The normalized spacial score (nSPS) is 11.0. The molecule has 0 saturated carbocycles. The Morgan fingerprint density at radius 2 is 1.84 bits per heavy atom. The van der Waals surface area contributed by atoms with Crippen molar-refractivity contribution in [1.29, 1.82) is 0 Å². The van der Waals surface area contributed by atoms with E-state index in [1.165, 1.54) is 0 Å². The Bertz CT molecular complexity index is 817. The van der Waals surface area contributed by atoms with Gasteiger partial charge in [-0.3, -0.25) is 9.52 Å². The van der Waals surface area contributed by atoms with Gasteiger partial charge in [-0.05, 0) is 55.3 Å². The van der Waals surface area contributed by atoms with Gasteiger partial charge in [-0.1, -0.05) is 12.1 Å². The number of rotatable bonds is 8. The van der Waals surface area contributed by atoms with E-state index in [1.54, 1.807) is 24.3 Å². The van der Waals surface area contributed by atoms with E-state index in [-0.39, 0.29) is 5.91 Å². The highest BCUT2D eigenvalue weighted by Gasteiger charge is 2.06. The highest BCUT2D eigenvalue weighted by molar-refractivity contribution is 7.92. The predicted molar refractivity (Wildman–Crippen MR) is 98.5 cm³/mol. The van der Waals surface area contributed by atoms with Crippen molar-refractivity contribution in [2.24, 2.45) is 0 Å². The van der Waals surface area contributed by atoms with Crippen molar-refractivity contribution in [2.75, 3.05) is 24.1 Å². The zero-order chi connectivity index (χ0) is 18.3. The van der Waals surface area contributed by atoms with Crippen molar-refractivity contribution >= 4 is 21.6 Å². The SMILES string of the molecule is Cc1cccc(OCCCNC(=O)c2ccc(NS(C)(=O)=O)cc2)c1. The van der Waals surface area contributed by atoms with Crippen molar-refractivity contribution in [3.63, 3.8) is 0 Å². The van der Waals surface area contributed by atoms with Crippen LogP contribution in [0.4, 0.5) is 5.69 Å². The smallest absolute Gasteiger partial charge is 0.251 e. The van der Waals surface area contributed by atoms with Crippen LogP contribution in [-0.2, 0) is 10.0 Å². The second-order valence-electron chi connectivity index (χ2n) is 5.73. The number of nitrogens with one attached hydrogen (secondary N) is 2. The molecule has 0 aliphatic heterocycles. The van der Waals surface area contributed by atoms with Gasteiger partial charge in [0.1, 0.15) is 5.75 Å². The van der Waals surface area contributed by atoms with E-state index in [9.17, 15) is 13.2 Å². The van der Waals surface area contributed by atoms with Gasteiger partial charge < -0.3 is 10.1 Å². The minimum Gasteiger partial charge on any atom is -0.494 e. The summed E-state index contributed by atoms with van der Waals surface area (Å²) in [5.74, 6) is 0.613. The lowest BCUT2D eigenvalue weighted by molar-refractivity contribution is 0.0951. The third kappa shape index (κ3) is 6.84. The number of sulfonamides is 1. The Labute approximate surface area is 148 Å². The van der Waals surface area contributed by atoms with E-state index >= 15 is 0 Å². The zero-order valence-electron chi connectivity index (χ0n) is 14.3. The van der Waals surface area contributed by atoms with Crippen LogP contribution in [0, 0.1) is 6.92 Å². The van der Waals surface area contributed by atoms with Crippen LogP contribution in [0.15, 0.2) is 48.5 Å². The molecule has 2 rings (SSSR count). The molecule has 0 bridgehead atoms. The summed E-state index contributed by atoms with van der Waals surface area (Å²) >= 11 is 0. The molecular weight excluding hydrogens is 340 g/mol. The first-order valence-electron chi connectivity index (χ1n) is 7.89. The lowest BCUT2D eigenvalue weighted by Crippen LogP contribution is -2.25. The number of anilines is 1. The van der Waals surface area contributed by atoms with E-state index in [1.807, 2.05) is 31.2 Å². The lowest BCUT2D eigenvalue weighted by atomic mass is 10.2. The fourth-order valence-electron chi connectivity index (χ4n) is 2.18. The molecule has 2 aromatic rings. The van der Waals surface area contributed by atoms with Gasteiger partial charge in [-0.2, -0.15) is 0 Å². The molecule has 1 amide bonds. The molecule has 0 aliphatic rings. The van der Waals surface area contributed by atoms with E-state index in [0.717, 1.165) is 17.6 Å². The molecule has 0 heterocycles. The molecule has 0 atom stereocenters. The number of aryl methyl sites for hydroxylation is 1. The maximum Gasteiger partial charge on any atom is 0.251 e. The Balaban J connectivity index is 1.73. The van der Waals surface area contributed by atoms with Gasteiger partial charge >= 0.3 is 0 Å². The summed E-state index contributed by atoms with van der Waals surface area (Å²) in [6.07, 6.45) is 1.76. The van der Waals surface area contributed by atoms with Gasteiger partial charge in [0, 0.05) is 17.8 Å². The number of hydrogen-bond acceptors (Lipinski definition) is 4. The first-order valence-corrected chi connectivity index (χ1v) is 9.78. The first kappa shape index (κ1) is 18.8.